The number of nitrogens with zero attached hydrogens (tertiary/aromatic N) is 3. The summed E-state index contributed by atoms with van der Waals surface area (Å²) in [6.45, 7) is 5.50. The van der Waals surface area contributed by atoms with Crippen LogP contribution in [0, 0.1) is 0 Å². The first kappa shape index (κ1) is 19.0. The molecule has 7 heteroatoms. The van der Waals surface area contributed by atoms with E-state index in [9.17, 15) is 4.79 Å². The van der Waals surface area contributed by atoms with Crippen LogP contribution in [0.15, 0.2) is 53.1 Å². The molecule has 0 saturated carbocycles. The zero-order chi connectivity index (χ0) is 20.2. The Hall–Kier alpha value is -3.35. The number of carbonyl (C=O) groups is 1. The van der Waals surface area contributed by atoms with Crippen LogP contribution in [0.1, 0.15) is 32.1 Å². The van der Waals surface area contributed by atoms with Crippen molar-refractivity contribution < 1.29 is 18.8 Å². The highest BCUT2D eigenvalue weighted by Gasteiger charge is 2.36. The van der Waals surface area contributed by atoms with Crippen LogP contribution in [0.25, 0.3) is 11.4 Å². The minimum Gasteiger partial charge on any atom is -0.494 e. The highest BCUT2D eigenvalue weighted by atomic mass is 16.5. The molecule has 0 aliphatic carbocycles. The van der Waals surface area contributed by atoms with Crippen LogP contribution in [0.2, 0.25) is 0 Å². The maximum Gasteiger partial charge on any atom is 0.232 e. The number of carbonyl (C=O) groups excluding carboxylic acids is 1. The van der Waals surface area contributed by atoms with Crippen LogP contribution in [0.3, 0.4) is 0 Å². The summed E-state index contributed by atoms with van der Waals surface area (Å²) in [7, 11) is 0. The molecule has 29 heavy (non-hydrogen) atoms. The normalized spacial score (nSPS) is 16.3. The van der Waals surface area contributed by atoms with E-state index in [2.05, 4.69) is 10.1 Å². The van der Waals surface area contributed by atoms with Gasteiger partial charge in [-0.25, -0.2) is 0 Å². The lowest BCUT2D eigenvalue weighted by atomic mass is 10.1. The van der Waals surface area contributed by atoms with Gasteiger partial charge in [-0.05, 0) is 50.2 Å². The predicted molar refractivity (Wildman–Crippen MR) is 108 cm³/mol. The number of aromatic nitrogens is 2. The first-order valence-corrected chi connectivity index (χ1v) is 9.78. The number of anilines is 1. The number of amides is 1. The van der Waals surface area contributed by atoms with E-state index >= 15 is 0 Å². The summed E-state index contributed by atoms with van der Waals surface area (Å²) in [4.78, 5) is 18.9. The third-order valence-electron chi connectivity index (χ3n) is 4.80. The molecule has 1 aliphatic rings. The molecule has 2 aromatic carbocycles. The third kappa shape index (κ3) is 3.94. The molecule has 0 spiro atoms. The van der Waals surface area contributed by atoms with Gasteiger partial charge in [0.25, 0.3) is 0 Å². The molecule has 150 valence electrons. The highest BCUT2D eigenvalue weighted by Crippen LogP contribution is 2.36. The van der Waals surface area contributed by atoms with Gasteiger partial charge >= 0.3 is 0 Å². The summed E-state index contributed by atoms with van der Waals surface area (Å²) in [5.74, 6) is 2.33. The molecule has 1 atom stereocenters. The molecular formula is C22H23N3O4. The largest absolute Gasteiger partial charge is 0.494 e. The number of benzene rings is 2. The molecular weight excluding hydrogens is 370 g/mol. The quantitative estimate of drug-likeness (QED) is 0.603. The molecule has 0 bridgehead atoms. The summed E-state index contributed by atoms with van der Waals surface area (Å²) in [5.41, 5.74) is 1.61. The van der Waals surface area contributed by atoms with Crippen molar-refractivity contribution in [3.8, 4) is 22.9 Å². The van der Waals surface area contributed by atoms with E-state index in [0.717, 1.165) is 17.0 Å². The van der Waals surface area contributed by atoms with Gasteiger partial charge in [-0.2, -0.15) is 4.98 Å². The first-order valence-electron chi connectivity index (χ1n) is 9.78. The minimum absolute atomic E-state index is 0.0166. The maximum atomic E-state index is 12.7. The highest BCUT2D eigenvalue weighted by molar-refractivity contribution is 5.97. The van der Waals surface area contributed by atoms with E-state index in [-0.39, 0.29) is 11.8 Å². The molecule has 1 aromatic heterocycles. The van der Waals surface area contributed by atoms with Crippen molar-refractivity contribution in [1.29, 1.82) is 0 Å². The Kier molecular flexibility index (Phi) is 5.46. The van der Waals surface area contributed by atoms with Crippen molar-refractivity contribution in [3.05, 3.63) is 54.4 Å². The van der Waals surface area contributed by atoms with E-state index in [4.69, 9.17) is 14.0 Å². The minimum atomic E-state index is -0.152. The van der Waals surface area contributed by atoms with Gasteiger partial charge in [0.1, 0.15) is 11.5 Å². The molecule has 1 saturated heterocycles. The Morgan fingerprint density at radius 1 is 1.07 bits per heavy atom. The van der Waals surface area contributed by atoms with Crippen molar-refractivity contribution in [1.82, 2.24) is 10.1 Å². The summed E-state index contributed by atoms with van der Waals surface area (Å²) in [5, 5.41) is 4.10. The lowest BCUT2D eigenvalue weighted by molar-refractivity contribution is -0.117. The van der Waals surface area contributed by atoms with Gasteiger partial charge < -0.3 is 18.9 Å². The van der Waals surface area contributed by atoms with Crippen LogP contribution < -0.4 is 14.4 Å². The molecule has 0 radical (unpaired) electrons. The lowest BCUT2D eigenvalue weighted by Crippen LogP contribution is -2.25. The number of ether oxygens (including phenoxy) is 2. The van der Waals surface area contributed by atoms with E-state index < -0.39 is 0 Å². The summed E-state index contributed by atoms with van der Waals surface area (Å²) in [6, 6.07) is 15.1. The molecule has 1 amide bonds. The topological polar surface area (TPSA) is 77.7 Å². The standard InChI is InChI=1S/C22H23N3O4/c1-3-27-17-11-9-15(10-12-17)21-23-22(29-24-21)16-13-20(26)25(14-16)18-7-5-6-8-19(18)28-4-2/h5-12,16H,3-4,13-14H2,1-2H3. The van der Waals surface area contributed by atoms with Crippen LogP contribution in [0.4, 0.5) is 5.69 Å². The van der Waals surface area contributed by atoms with Crippen LogP contribution >= 0.6 is 0 Å². The molecule has 2 heterocycles. The van der Waals surface area contributed by atoms with Gasteiger partial charge in [0.15, 0.2) is 0 Å². The van der Waals surface area contributed by atoms with E-state index in [0.29, 0.717) is 43.6 Å². The van der Waals surface area contributed by atoms with Crippen molar-refractivity contribution in [2.24, 2.45) is 0 Å². The van der Waals surface area contributed by atoms with E-state index in [1.807, 2.05) is 62.4 Å². The third-order valence-corrected chi connectivity index (χ3v) is 4.80. The molecule has 0 N–H and O–H groups in total. The molecule has 7 nitrogen and oxygen atoms in total. The Bertz CT molecular complexity index is 984. The molecule has 4 rings (SSSR count). The fourth-order valence-corrected chi connectivity index (χ4v) is 3.45. The zero-order valence-electron chi connectivity index (χ0n) is 16.5. The van der Waals surface area contributed by atoms with Crippen molar-refractivity contribution >= 4 is 11.6 Å². The van der Waals surface area contributed by atoms with Crippen LogP contribution in [0.5, 0.6) is 11.5 Å². The lowest BCUT2D eigenvalue weighted by Gasteiger charge is -2.19. The Morgan fingerprint density at radius 2 is 1.83 bits per heavy atom. The SMILES string of the molecule is CCOc1ccc(-c2noc(C3CC(=O)N(c4ccccc4OCC)C3)n2)cc1. The van der Waals surface area contributed by atoms with Gasteiger partial charge in [0.2, 0.25) is 17.6 Å². The van der Waals surface area contributed by atoms with Gasteiger partial charge in [-0.15, -0.1) is 0 Å². The summed E-state index contributed by atoms with van der Waals surface area (Å²) >= 11 is 0. The fraction of sp³-hybridized carbons (Fsp3) is 0.318. The molecule has 3 aromatic rings. The molecule has 1 unspecified atom stereocenters. The average Bonchev–Trinajstić information content (AvgIpc) is 3.37. The van der Waals surface area contributed by atoms with Crippen LogP contribution in [-0.2, 0) is 4.79 Å². The van der Waals surface area contributed by atoms with E-state index in [1.54, 1.807) is 4.90 Å². The Labute approximate surface area is 169 Å². The Morgan fingerprint density at radius 3 is 2.59 bits per heavy atom. The number of hydrogen-bond donors (Lipinski definition) is 0. The van der Waals surface area contributed by atoms with Gasteiger partial charge in [0.05, 0.1) is 24.8 Å². The average molecular weight is 393 g/mol. The zero-order valence-corrected chi connectivity index (χ0v) is 16.5. The Balaban J connectivity index is 1.51. The monoisotopic (exact) mass is 393 g/mol. The van der Waals surface area contributed by atoms with Crippen molar-refractivity contribution in [2.45, 2.75) is 26.2 Å². The summed E-state index contributed by atoms with van der Waals surface area (Å²) < 4.78 is 16.6. The smallest absolute Gasteiger partial charge is 0.232 e. The second-order valence-corrected chi connectivity index (χ2v) is 6.72. The predicted octanol–water partition coefficient (Wildman–Crippen LogP) is 4.05. The maximum absolute atomic E-state index is 12.7. The van der Waals surface area contributed by atoms with Crippen molar-refractivity contribution in [2.75, 3.05) is 24.7 Å². The van der Waals surface area contributed by atoms with Crippen LogP contribution in [-0.4, -0.2) is 35.8 Å². The van der Waals surface area contributed by atoms with Gasteiger partial charge in [0, 0.05) is 18.5 Å². The second-order valence-electron chi connectivity index (χ2n) is 6.72. The number of hydrogen-bond acceptors (Lipinski definition) is 6. The number of rotatable bonds is 7. The fourth-order valence-electron chi connectivity index (χ4n) is 3.45. The first-order chi connectivity index (χ1) is 14.2. The van der Waals surface area contributed by atoms with E-state index in [1.165, 1.54) is 0 Å². The molecule has 1 aliphatic heterocycles. The van der Waals surface area contributed by atoms with Crippen molar-refractivity contribution in [3.63, 3.8) is 0 Å². The van der Waals surface area contributed by atoms with Gasteiger partial charge in [-0.1, -0.05) is 17.3 Å². The second kappa shape index (κ2) is 8.34. The number of para-hydroxylation sites is 2. The summed E-state index contributed by atoms with van der Waals surface area (Å²) in [6.07, 6.45) is 0.325. The molecule has 1 fully saturated rings. The van der Waals surface area contributed by atoms with Gasteiger partial charge in [-0.3, -0.25) is 4.79 Å².